The maximum absolute atomic E-state index is 12.4. The minimum Gasteiger partial charge on any atom is -0.293 e. The molecule has 5 heteroatoms. The third-order valence-corrected chi connectivity index (χ3v) is 2.76. The van der Waals surface area contributed by atoms with Crippen LogP contribution < -0.4 is 5.56 Å². The van der Waals surface area contributed by atoms with Crippen molar-refractivity contribution < 1.29 is 0 Å². The molecule has 0 aromatic carbocycles. The quantitative estimate of drug-likeness (QED) is 0.705. The molecule has 0 aliphatic carbocycles. The Morgan fingerprint density at radius 1 is 1.39 bits per heavy atom. The van der Waals surface area contributed by atoms with Gasteiger partial charge in [-0.1, -0.05) is 0 Å². The van der Waals surface area contributed by atoms with Crippen molar-refractivity contribution in [3.8, 4) is 6.07 Å². The van der Waals surface area contributed by atoms with E-state index in [1.165, 1.54) is 6.33 Å². The number of nitriles is 1. The lowest BCUT2D eigenvalue weighted by atomic mass is 10.1. The van der Waals surface area contributed by atoms with E-state index in [1.54, 1.807) is 17.6 Å². The van der Waals surface area contributed by atoms with Gasteiger partial charge in [0.25, 0.3) is 5.56 Å². The second kappa shape index (κ2) is 3.91. The van der Waals surface area contributed by atoms with Crippen LogP contribution in [-0.4, -0.2) is 14.5 Å². The van der Waals surface area contributed by atoms with Crippen molar-refractivity contribution in [2.75, 3.05) is 0 Å². The highest BCUT2D eigenvalue weighted by Crippen LogP contribution is 2.15. The number of aromatic nitrogens is 3. The average Bonchev–Trinajstić information content (AvgIpc) is 2.26. The van der Waals surface area contributed by atoms with E-state index in [-0.39, 0.29) is 16.8 Å². The fraction of sp³-hybridized carbons (Fsp3) is 0.385. The fourth-order valence-corrected chi connectivity index (χ4v) is 1.83. The maximum atomic E-state index is 12.4. The molecule has 92 valence electrons. The third kappa shape index (κ3) is 1.86. The zero-order chi connectivity index (χ0) is 13.5. The average molecular weight is 242 g/mol. The molecule has 2 aromatic heterocycles. The molecule has 0 aliphatic rings. The first-order valence-electron chi connectivity index (χ1n) is 5.64. The molecule has 0 bridgehead atoms. The van der Waals surface area contributed by atoms with Crippen LogP contribution >= 0.6 is 0 Å². The van der Waals surface area contributed by atoms with Crippen LogP contribution in [0.3, 0.4) is 0 Å². The Balaban J connectivity index is 2.90. The van der Waals surface area contributed by atoms with Gasteiger partial charge in [0, 0.05) is 5.54 Å². The third-order valence-electron chi connectivity index (χ3n) is 2.76. The minimum atomic E-state index is -0.335. The fourth-order valence-electron chi connectivity index (χ4n) is 1.83. The number of pyridine rings is 1. The number of hydrogen-bond donors (Lipinski definition) is 0. The molecular formula is C13H14N4O. The van der Waals surface area contributed by atoms with Crippen molar-refractivity contribution in [3.05, 3.63) is 34.0 Å². The van der Waals surface area contributed by atoms with E-state index in [2.05, 4.69) is 9.97 Å². The smallest absolute Gasteiger partial charge is 0.263 e. The van der Waals surface area contributed by atoms with E-state index in [4.69, 9.17) is 5.26 Å². The van der Waals surface area contributed by atoms with Crippen LogP contribution in [0.15, 0.2) is 17.2 Å². The Labute approximate surface area is 105 Å². The summed E-state index contributed by atoms with van der Waals surface area (Å²) in [4.78, 5) is 20.6. The van der Waals surface area contributed by atoms with Crippen molar-refractivity contribution in [2.24, 2.45) is 0 Å². The summed E-state index contributed by atoms with van der Waals surface area (Å²) in [5, 5.41) is 9.33. The van der Waals surface area contributed by atoms with Crippen LogP contribution in [0.1, 0.15) is 32.0 Å². The second-order valence-electron chi connectivity index (χ2n) is 5.23. The first-order chi connectivity index (χ1) is 8.34. The van der Waals surface area contributed by atoms with Gasteiger partial charge in [0.1, 0.15) is 18.1 Å². The van der Waals surface area contributed by atoms with Gasteiger partial charge in [-0.3, -0.25) is 9.36 Å². The Morgan fingerprint density at radius 2 is 2.06 bits per heavy atom. The molecule has 0 amide bonds. The molecular weight excluding hydrogens is 228 g/mol. The molecule has 2 rings (SSSR count). The predicted molar refractivity (Wildman–Crippen MR) is 68.2 cm³/mol. The Morgan fingerprint density at radius 3 is 2.61 bits per heavy atom. The number of rotatable bonds is 0. The van der Waals surface area contributed by atoms with Crippen LogP contribution in [0.25, 0.3) is 11.0 Å². The molecule has 0 fully saturated rings. The van der Waals surface area contributed by atoms with Gasteiger partial charge in [-0.05, 0) is 39.3 Å². The molecule has 0 spiro atoms. The van der Waals surface area contributed by atoms with Gasteiger partial charge in [0.15, 0.2) is 5.65 Å². The van der Waals surface area contributed by atoms with Crippen molar-refractivity contribution >= 4 is 11.0 Å². The molecule has 0 aliphatic heterocycles. The van der Waals surface area contributed by atoms with Crippen molar-refractivity contribution in [1.29, 1.82) is 5.26 Å². The topological polar surface area (TPSA) is 71.6 Å². The summed E-state index contributed by atoms with van der Waals surface area (Å²) in [6, 6.07) is 3.57. The standard InChI is InChI=1S/C13H14N4O/c1-8-5-9(6-14)16-11-10(8)12(18)17(7-15-11)13(2,3)4/h5,7H,1-4H3. The summed E-state index contributed by atoms with van der Waals surface area (Å²) in [6.45, 7) is 7.61. The van der Waals surface area contributed by atoms with Gasteiger partial charge in [-0.2, -0.15) is 5.26 Å². The van der Waals surface area contributed by atoms with E-state index >= 15 is 0 Å². The van der Waals surface area contributed by atoms with Crippen molar-refractivity contribution in [2.45, 2.75) is 33.2 Å². The lowest BCUT2D eigenvalue weighted by Crippen LogP contribution is -2.34. The number of aryl methyl sites for hydroxylation is 1. The van der Waals surface area contributed by atoms with Crippen LogP contribution in [-0.2, 0) is 5.54 Å². The summed E-state index contributed by atoms with van der Waals surface area (Å²) in [5.74, 6) is 0. The lowest BCUT2D eigenvalue weighted by Gasteiger charge is -2.22. The normalized spacial score (nSPS) is 11.5. The largest absolute Gasteiger partial charge is 0.293 e. The molecule has 5 nitrogen and oxygen atoms in total. The molecule has 18 heavy (non-hydrogen) atoms. The Kier molecular flexibility index (Phi) is 2.66. The first kappa shape index (κ1) is 12.2. The molecule has 2 aromatic rings. The molecule has 0 atom stereocenters. The van der Waals surface area contributed by atoms with E-state index in [9.17, 15) is 4.79 Å². The SMILES string of the molecule is Cc1cc(C#N)nc2ncn(C(C)(C)C)c(=O)c12. The van der Waals surface area contributed by atoms with E-state index in [1.807, 2.05) is 26.8 Å². The highest BCUT2D eigenvalue weighted by molar-refractivity contribution is 5.77. The van der Waals surface area contributed by atoms with Gasteiger partial charge < -0.3 is 0 Å². The Hall–Kier alpha value is -2.22. The summed E-state index contributed by atoms with van der Waals surface area (Å²) in [6.07, 6.45) is 1.48. The minimum absolute atomic E-state index is 0.123. The summed E-state index contributed by atoms with van der Waals surface area (Å²) < 4.78 is 1.58. The number of nitrogens with zero attached hydrogens (tertiary/aromatic N) is 4. The second-order valence-corrected chi connectivity index (χ2v) is 5.23. The van der Waals surface area contributed by atoms with Gasteiger partial charge in [0.2, 0.25) is 0 Å². The van der Waals surface area contributed by atoms with E-state index in [0.29, 0.717) is 11.0 Å². The van der Waals surface area contributed by atoms with Crippen LogP contribution in [0.4, 0.5) is 0 Å². The zero-order valence-electron chi connectivity index (χ0n) is 10.9. The van der Waals surface area contributed by atoms with Gasteiger partial charge in [-0.25, -0.2) is 9.97 Å². The Bertz CT molecular complexity index is 717. The highest BCUT2D eigenvalue weighted by atomic mass is 16.1. The zero-order valence-corrected chi connectivity index (χ0v) is 10.9. The summed E-state index contributed by atoms with van der Waals surface area (Å²) >= 11 is 0. The molecule has 0 N–H and O–H groups in total. The van der Waals surface area contributed by atoms with Gasteiger partial charge in [0.05, 0.1) is 5.39 Å². The number of hydrogen-bond acceptors (Lipinski definition) is 4. The number of fused-ring (bicyclic) bond motifs is 1. The molecule has 2 heterocycles. The van der Waals surface area contributed by atoms with Crippen molar-refractivity contribution in [1.82, 2.24) is 14.5 Å². The van der Waals surface area contributed by atoms with E-state index in [0.717, 1.165) is 5.56 Å². The van der Waals surface area contributed by atoms with Crippen LogP contribution in [0.5, 0.6) is 0 Å². The van der Waals surface area contributed by atoms with Crippen LogP contribution in [0.2, 0.25) is 0 Å². The van der Waals surface area contributed by atoms with E-state index < -0.39 is 0 Å². The lowest BCUT2D eigenvalue weighted by molar-refractivity contribution is 0.381. The van der Waals surface area contributed by atoms with Crippen LogP contribution in [0, 0.1) is 18.3 Å². The maximum Gasteiger partial charge on any atom is 0.263 e. The van der Waals surface area contributed by atoms with Gasteiger partial charge >= 0.3 is 0 Å². The summed E-state index contributed by atoms with van der Waals surface area (Å²) in [5.41, 5.74) is 0.880. The monoisotopic (exact) mass is 242 g/mol. The summed E-state index contributed by atoms with van der Waals surface area (Å²) in [7, 11) is 0. The highest BCUT2D eigenvalue weighted by Gasteiger charge is 2.18. The molecule has 0 radical (unpaired) electrons. The molecule has 0 unspecified atom stereocenters. The molecule has 0 saturated carbocycles. The predicted octanol–water partition coefficient (Wildman–Crippen LogP) is 1.73. The van der Waals surface area contributed by atoms with Crippen molar-refractivity contribution in [3.63, 3.8) is 0 Å². The molecule has 0 saturated heterocycles. The first-order valence-corrected chi connectivity index (χ1v) is 5.64. The van der Waals surface area contributed by atoms with Gasteiger partial charge in [-0.15, -0.1) is 0 Å².